The fourth-order valence-electron chi connectivity index (χ4n) is 1.34. The van der Waals surface area contributed by atoms with Gasteiger partial charge in [-0.05, 0) is 25.1 Å². The second-order valence-electron chi connectivity index (χ2n) is 3.48. The van der Waals surface area contributed by atoms with Gasteiger partial charge in [-0.1, -0.05) is 0 Å². The van der Waals surface area contributed by atoms with Crippen molar-refractivity contribution < 1.29 is 19.1 Å². The molecule has 0 spiro atoms. The van der Waals surface area contributed by atoms with Crippen LogP contribution in [0.1, 0.15) is 17.3 Å². The van der Waals surface area contributed by atoms with Crippen LogP contribution in [-0.2, 0) is 4.79 Å². The molecule has 0 heterocycles. The van der Waals surface area contributed by atoms with E-state index in [1.165, 1.54) is 7.11 Å². The maximum atomic E-state index is 11.6. The Kier molecular flexibility index (Phi) is 4.98. The zero-order chi connectivity index (χ0) is 13.5. The number of methoxy groups -OCH3 is 1. The van der Waals surface area contributed by atoms with Crippen LogP contribution < -0.4 is 20.5 Å². The van der Waals surface area contributed by atoms with Crippen LogP contribution in [0.25, 0.3) is 0 Å². The van der Waals surface area contributed by atoms with Crippen molar-refractivity contribution in [1.29, 1.82) is 0 Å². The van der Waals surface area contributed by atoms with Crippen molar-refractivity contribution in [3.63, 3.8) is 0 Å². The number of nitrogens with two attached hydrogens (primary N) is 1. The molecule has 98 valence electrons. The number of primary amides is 1. The summed E-state index contributed by atoms with van der Waals surface area (Å²) < 4.78 is 10.2. The highest BCUT2D eigenvalue weighted by molar-refractivity contribution is 5.94. The van der Waals surface area contributed by atoms with E-state index in [0.29, 0.717) is 23.6 Å². The molecule has 0 radical (unpaired) electrons. The number of carbonyl (C=O) groups excluding carboxylic acids is 2. The predicted octanol–water partition coefficient (Wildman–Crippen LogP) is 0.309. The summed E-state index contributed by atoms with van der Waals surface area (Å²) in [5.74, 6) is -0.0357. The Morgan fingerprint density at radius 3 is 2.61 bits per heavy atom. The lowest BCUT2D eigenvalue weighted by atomic mass is 10.2. The molecule has 0 unspecified atom stereocenters. The summed E-state index contributed by atoms with van der Waals surface area (Å²) in [4.78, 5) is 22.2. The smallest absolute Gasteiger partial charge is 0.255 e. The predicted molar refractivity (Wildman–Crippen MR) is 65.7 cm³/mol. The third kappa shape index (κ3) is 3.65. The monoisotopic (exact) mass is 252 g/mol. The maximum absolute atomic E-state index is 11.6. The molecule has 0 aromatic heterocycles. The second kappa shape index (κ2) is 6.48. The van der Waals surface area contributed by atoms with Crippen molar-refractivity contribution in [3.05, 3.63) is 23.8 Å². The van der Waals surface area contributed by atoms with Gasteiger partial charge in [-0.2, -0.15) is 0 Å². The lowest BCUT2D eigenvalue weighted by molar-refractivity contribution is -0.119. The molecule has 0 saturated carbocycles. The molecule has 0 fully saturated rings. The highest BCUT2D eigenvalue weighted by atomic mass is 16.5. The molecule has 0 bridgehead atoms. The molecule has 0 aliphatic carbocycles. The van der Waals surface area contributed by atoms with E-state index in [1.54, 1.807) is 18.2 Å². The van der Waals surface area contributed by atoms with E-state index < -0.39 is 5.91 Å². The average molecular weight is 252 g/mol. The van der Waals surface area contributed by atoms with Crippen molar-refractivity contribution in [2.75, 3.05) is 20.3 Å². The minimum atomic E-state index is -0.579. The molecule has 0 saturated heterocycles. The lowest BCUT2D eigenvalue weighted by Gasteiger charge is -2.11. The van der Waals surface area contributed by atoms with Crippen LogP contribution in [0.15, 0.2) is 18.2 Å². The fourth-order valence-corrected chi connectivity index (χ4v) is 1.34. The van der Waals surface area contributed by atoms with Crippen molar-refractivity contribution in [2.24, 2.45) is 5.73 Å². The van der Waals surface area contributed by atoms with Crippen molar-refractivity contribution in [1.82, 2.24) is 5.32 Å². The largest absolute Gasteiger partial charge is 0.493 e. The van der Waals surface area contributed by atoms with Gasteiger partial charge in [-0.15, -0.1) is 0 Å². The molecular formula is C12H16N2O4. The lowest BCUT2D eigenvalue weighted by Crippen LogP contribution is -2.23. The van der Waals surface area contributed by atoms with Gasteiger partial charge in [0.2, 0.25) is 0 Å². The molecule has 18 heavy (non-hydrogen) atoms. The van der Waals surface area contributed by atoms with Crippen LogP contribution in [0, 0.1) is 0 Å². The zero-order valence-electron chi connectivity index (χ0n) is 10.4. The summed E-state index contributed by atoms with van der Waals surface area (Å²) >= 11 is 0. The molecule has 1 aromatic rings. The number of nitrogens with one attached hydrogen (secondary N) is 1. The summed E-state index contributed by atoms with van der Waals surface area (Å²) in [6, 6.07) is 4.69. The topological polar surface area (TPSA) is 90.6 Å². The summed E-state index contributed by atoms with van der Waals surface area (Å²) in [6.07, 6.45) is 0. The van der Waals surface area contributed by atoms with Crippen LogP contribution in [0.3, 0.4) is 0 Å². The van der Waals surface area contributed by atoms with E-state index in [9.17, 15) is 9.59 Å². The molecule has 6 nitrogen and oxygen atoms in total. The first-order valence-electron chi connectivity index (χ1n) is 5.45. The normalized spacial score (nSPS) is 9.67. The number of benzene rings is 1. The van der Waals surface area contributed by atoms with Gasteiger partial charge in [-0.3, -0.25) is 9.59 Å². The third-order valence-electron chi connectivity index (χ3n) is 2.13. The van der Waals surface area contributed by atoms with E-state index in [4.69, 9.17) is 15.2 Å². The van der Waals surface area contributed by atoms with Crippen molar-refractivity contribution in [2.45, 2.75) is 6.92 Å². The Morgan fingerprint density at radius 1 is 1.33 bits per heavy atom. The quantitative estimate of drug-likeness (QED) is 0.762. The molecular weight excluding hydrogens is 236 g/mol. The van der Waals surface area contributed by atoms with Crippen LogP contribution in [-0.4, -0.2) is 32.1 Å². The summed E-state index contributed by atoms with van der Waals surface area (Å²) in [5, 5.41) is 2.67. The molecule has 6 heteroatoms. The van der Waals surface area contributed by atoms with Gasteiger partial charge >= 0.3 is 0 Å². The number of amides is 2. The Bertz CT molecular complexity index is 446. The molecule has 0 atom stereocenters. The highest BCUT2D eigenvalue weighted by Crippen LogP contribution is 2.27. The van der Waals surface area contributed by atoms with Gasteiger partial charge in [0.25, 0.3) is 11.8 Å². The van der Waals surface area contributed by atoms with Gasteiger partial charge in [0.1, 0.15) is 0 Å². The summed E-state index contributed by atoms with van der Waals surface area (Å²) in [6.45, 7) is 2.14. The molecule has 1 aromatic carbocycles. The van der Waals surface area contributed by atoms with E-state index in [-0.39, 0.29) is 12.5 Å². The Balaban J connectivity index is 2.89. The molecule has 2 amide bonds. The van der Waals surface area contributed by atoms with E-state index in [1.807, 2.05) is 6.92 Å². The van der Waals surface area contributed by atoms with E-state index in [0.717, 1.165) is 0 Å². The Hall–Kier alpha value is -2.24. The average Bonchev–Trinajstić information content (AvgIpc) is 2.36. The Labute approximate surface area is 105 Å². The van der Waals surface area contributed by atoms with Gasteiger partial charge in [0.05, 0.1) is 7.11 Å². The first-order valence-corrected chi connectivity index (χ1v) is 5.45. The van der Waals surface area contributed by atoms with Crippen LogP contribution >= 0.6 is 0 Å². The molecule has 3 N–H and O–H groups in total. The van der Waals surface area contributed by atoms with Crippen molar-refractivity contribution >= 4 is 11.8 Å². The fraction of sp³-hybridized carbons (Fsp3) is 0.333. The van der Waals surface area contributed by atoms with E-state index >= 15 is 0 Å². The van der Waals surface area contributed by atoms with Gasteiger partial charge in [0.15, 0.2) is 18.1 Å². The Morgan fingerprint density at radius 2 is 2.06 bits per heavy atom. The second-order valence-corrected chi connectivity index (χ2v) is 3.48. The minimum Gasteiger partial charge on any atom is -0.493 e. The van der Waals surface area contributed by atoms with Gasteiger partial charge < -0.3 is 20.5 Å². The number of hydrogen-bond acceptors (Lipinski definition) is 4. The standard InChI is InChI=1S/C12H16N2O4/c1-3-14-12(16)8-4-5-9(10(6-8)17-2)18-7-11(13)15/h4-6H,3,7H2,1-2H3,(H2,13,15)(H,14,16). The number of hydrogen-bond donors (Lipinski definition) is 2. The van der Waals surface area contributed by atoms with Crippen LogP contribution in [0.4, 0.5) is 0 Å². The maximum Gasteiger partial charge on any atom is 0.255 e. The molecule has 0 aliphatic rings. The van der Waals surface area contributed by atoms with Gasteiger partial charge in [0, 0.05) is 12.1 Å². The molecule has 1 rings (SSSR count). The van der Waals surface area contributed by atoms with E-state index in [2.05, 4.69) is 5.32 Å². The number of rotatable bonds is 6. The molecule has 0 aliphatic heterocycles. The number of ether oxygens (including phenoxy) is 2. The summed E-state index contributed by atoms with van der Waals surface area (Å²) in [7, 11) is 1.45. The summed E-state index contributed by atoms with van der Waals surface area (Å²) in [5.41, 5.74) is 5.44. The third-order valence-corrected chi connectivity index (χ3v) is 2.13. The number of carbonyl (C=O) groups is 2. The zero-order valence-corrected chi connectivity index (χ0v) is 10.4. The van der Waals surface area contributed by atoms with Gasteiger partial charge in [-0.25, -0.2) is 0 Å². The van der Waals surface area contributed by atoms with Crippen LogP contribution in [0.5, 0.6) is 11.5 Å². The van der Waals surface area contributed by atoms with Crippen molar-refractivity contribution in [3.8, 4) is 11.5 Å². The van der Waals surface area contributed by atoms with Crippen LogP contribution in [0.2, 0.25) is 0 Å². The SMILES string of the molecule is CCNC(=O)c1ccc(OCC(N)=O)c(OC)c1. The minimum absolute atomic E-state index is 0.197. The highest BCUT2D eigenvalue weighted by Gasteiger charge is 2.11. The first kappa shape index (κ1) is 13.8. The first-order chi connectivity index (χ1) is 8.58.